The van der Waals surface area contributed by atoms with Crippen LogP contribution >= 0.6 is 11.8 Å². The van der Waals surface area contributed by atoms with Crippen molar-refractivity contribution in [3.05, 3.63) is 45.6 Å². The molecule has 1 unspecified atom stereocenters. The summed E-state index contributed by atoms with van der Waals surface area (Å²) in [7, 11) is 1.53. The number of nitrogens with one attached hydrogen (secondary N) is 2. The number of hydrogen-bond acceptors (Lipinski definition) is 7. The number of benzene rings is 1. The molecule has 1 aliphatic carbocycles. The Kier molecular flexibility index (Phi) is 4.40. The predicted octanol–water partition coefficient (Wildman–Crippen LogP) is 3.07. The fourth-order valence-corrected chi connectivity index (χ4v) is 4.69. The number of rotatable bonds is 4. The van der Waals surface area contributed by atoms with Crippen molar-refractivity contribution in [1.82, 2.24) is 10.7 Å². The van der Waals surface area contributed by atoms with Crippen molar-refractivity contribution in [3.63, 3.8) is 0 Å². The van der Waals surface area contributed by atoms with E-state index in [2.05, 4.69) is 20.8 Å². The Hall–Kier alpha value is -2.41. The van der Waals surface area contributed by atoms with Crippen LogP contribution in [0.4, 0.5) is 0 Å². The van der Waals surface area contributed by atoms with Crippen LogP contribution in [0.15, 0.2) is 50.2 Å². The summed E-state index contributed by atoms with van der Waals surface area (Å²) in [5, 5.41) is 17.3. The van der Waals surface area contributed by atoms with Gasteiger partial charge in [-0.05, 0) is 59.9 Å². The molecule has 3 N–H and O–H groups in total. The fourth-order valence-electron chi connectivity index (χ4n) is 3.30. The van der Waals surface area contributed by atoms with Crippen molar-refractivity contribution in [2.45, 2.75) is 31.1 Å². The molecule has 0 amide bonds. The zero-order valence-electron chi connectivity index (χ0n) is 14.0. The molecule has 0 radical (unpaired) electrons. The zero-order chi connectivity index (χ0) is 17.2. The average molecular weight is 356 g/mol. The number of thioether (sulfide) groups is 1. The van der Waals surface area contributed by atoms with E-state index in [-0.39, 0.29) is 11.1 Å². The van der Waals surface area contributed by atoms with E-state index in [0.717, 1.165) is 17.8 Å². The molecule has 0 fully saturated rings. The minimum Gasteiger partial charge on any atom is -0.504 e. The van der Waals surface area contributed by atoms with E-state index < -0.39 is 0 Å². The van der Waals surface area contributed by atoms with E-state index in [1.807, 2.05) is 11.8 Å². The maximum absolute atomic E-state index is 9.65. The lowest BCUT2D eigenvalue weighted by atomic mass is 9.93. The summed E-state index contributed by atoms with van der Waals surface area (Å²) in [6.45, 7) is 0. The molecular formula is C18H20N4O2S. The second-order valence-electron chi connectivity index (χ2n) is 6.09. The third-order valence-corrected chi connectivity index (χ3v) is 5.84. The molecule has 0 aromatic heterocycles. The molecule has 130 valence electrons. The van der Waals surface area contributed by atoms with Crippen LogP contribution in [0.1, 0.15) is 31.2 Å². The summed E-state index contributed by atoms with van der Waals surface area (Å²) in [5.74, 6) is 1.45. The Morgan fingerprint density at radius 1 is 1.40 bits per heavy atom. The van der Waals surface area contributed by atoms with E-state index in [9.17, 15) is 5.11 Å². The van der Waals surface area contributed by atoms with Gasteiger partial charge < -0.3 is 15.2 Å². The standard InChI is InChI=1S/C18H20N4O2S/c1-24-14-8-11(6-7-13(14)23)9-21-22-17-16-12-4-2-3-5-15(12)25-18(16)20-10-19-17/h6-10,18,22-23H,2-5H2,1H3,(H,19,20)/b21-9+. The summed E-state index contributed by atoms with van der Waals surface area (Å²) < 4.78 is 5.12. The lowest BCUT2D eigenvalue weighted by Gasteiger charge is -2.20. The first kappa shape index (κ1) is 16.1. The minimum absolute atomic E-state index is 0.116. The summed E-state index contributed by atoms with van der Waals surface area (Å²) >= 11 is 1.87. The number of hydrazone groups is 1. The SMILES string of the molecule is COc1cc(/C=N/NC2=C3C4=C(CCCC4)SC3N=CN2)ccc1O. The van der Waals surface area contributed by atoms with Gasteiger partial charge in [0.25, 0.3) is 0 Å². The number of nitrogens with zero attached hydrogens (tertiary/aromatic N) is 2. The molecule has 2 heterocycles. The highest BCUT2D eigenvalue weighted by Crippen LogP contribution is 2.49. The lowest BCUT2D eigenvalue weighted by Crippen LogP contribution is -2.30. The highest BCUT2D eigenvalue weighted by molar-refractivity contribution is 8.04. The summed E-state index contributed by atoms with van der Waals surface area (Å²) in [6.07, 6.45) is 8.24. The van der Waals surface area contributed by atoms with Crippen LogP contribution in [-0.2, 0) is 0 Å². The molecule has 6 nitrogen and oxygen atoms in total. The Balaban J connectivity index is 1.54. The average Bonchev–Trinajstić information content (AvgIpc) is 3.02. The minimum atomic E-state index is 0.116. The largest absolute Gasteiger partial charge is 0.504 e. The Labute approximate surface area is 150 Å². The van der Waals surface area contributed by atoms with Crippen LogP contribution < -0.4 is 15.5 Å². The summed E-state index contributed by atoms with van der Waals surface area (Å²) in [6, 6.07) is 5.12. The van der Waals surface area contributed by atoms with Gasteiger partial charge in [-0.15, -0.1) is 0 Å². The molecule has 3 aliphatic rings. The molecule has 1 aromatic carbocycles. The van der Waals surface area contributed by atoms with E-state index in [1.165, 1.54) is 42.4 Å². The number of hydrogen-bond donors (Lipinski definition) is 3. The van der Waals surface area contributed by atoms with Gasteiger partial charge in [-0.3, -0.25) is 10.4 Å². The number of phenols is 1. The van der Waals surface area contributed by atoms with Crippen LogP contribution in [-0.4, -0.2) is 30.1 Å². The van der Waals surface area contributed by atoms with Crippen molar-refractivity contribution in [2.75, 3.05) is 7.11 Å². The number of aromatic hydroxyl groups is 1. The summed E-state index contributed by atoms with van der Waals surface area (Å²) in [5.41, 5.74) is 6.64. The van der Waals surface area contributed by atoms with Gasteiger partial charge in [0.15, 0.2) is 11.5 Å². The van der Waals surface area contributed by atoms with Crippen LogP contribution in [0, 0.1) is 0 Å². The van der Waals surface area contributed by atoms with Gasteiger partial charge in [-0.25, -0.2) is 0 Å². The second-order valence-corrected chi connectivity index (χ2v) is 7.27. The first-order valence-electron chi connectivity index (χ1n) is 8.34. The molecule has 1 aromatic rings. The smallest absolute Gasteiger partial charge is 0.161 e. The van der Waals surface area contributed by atoms with Gasteiger partial charge in [0.2, 0.25) is 0 Å². The Bertz CT molecular complexity index is 813. The van der Waals surface area contributed by atoms with E-state index in [4.69, 9.17) is 4.74 Å². The van der Waals surface area contributed by atoms with Crippen molar-refractivity contribution in [1.29, 1.82) is 0 Å². The Morgan fingerprint density at radius 3 is 3.16 bits per heavy atom. The van der Waals surface area contributed by atoms with E-state index in [1.54, 1.807) is 30.8 Å². The molecule has 0 saturated heterocycles. The van der Waals surface area contributed by atoms with Gasteiger partial charge in [0, 0.05) is 5.57 Å². The third kappa shape index (κ3) is 3.11. The van der Waals surface area contributed by atoms with Crippen molar-refractivity contribution in [3.8, 4) is 11.5 Å². The first-order valence-corrected chi connectivity index (χ1v) is 9.21. The fraction of sp³-hybridized carbons (Fsp3) is 0.333. The maximum Gasteiger partial charge on any atom is 0.161 e. The first-order chi connectivity index (χ1) is 12.3. The molecule has 1 atom stereocenters. The number of ether oxygens (including phenoxy) is 1. The molecular weight excluding hydrogens is 336 g/mol. The third-order valence-electron chi connectivity index (χ3n) is 4.53. The van der Waals surface area contributed by atoms with Gasteiger partial charge in [0.1, 0.15) is 11.2 Å². The maximum atomic E-state index is 9.65. The molecule has 0 saturated carbocycles. The molecule has 2 aliphatic heterocycles. The van der Waals surface area contributed by atoms with Crippen LogP contribution in [0.5, 0.6) is 11.5 Å². The van der Waals surface area contributed by atoms with E-state index >= 15 is 0 Å². The van der Waals surface area contributed by atoms with Crippen molar-refractivity contribution in [2.24, 2.45) is 10.1 Å². The number of methoxy groups -OCH3 is 1. The molecule has 0 bridgehead atoms. The number of aliphatic imine (C=N–C) groups is 1. The van der Waals surface area contributed by atoms with Gasteiger partial charge in [-0.2, -0.15) is 5.10 Å². The van der Waals surface area contributed by atoms with Crippen LogP contribution in [0.2, 0.25) is 0 Å². The number of phenolic OH excluding ortho intramolecular Hbond substituents is 1. The monoisotopic (exact) mass is 356 g/mol. The van der Waals surface area contributed by atoms with E-state index in [0.29, 0.717) is 5.75 Å². The summed E-state index contributed by atoms with van der Waals surface area (Å²) in [4.78, 5) is 6.04. The zero-order valence-corrected chi connectivity index (χ0v) is 14.8. The Morgan fingerprint density at radius 2 is 2.28 bits per heavy atom. The number of allylic oxidation sites excluding steroid dienone is 1. The van der Waals surface area contributed by atoms with Gasteiger partial charge >= 0.3 is 0 Å². The predicted molar refractivity (Wildman–Crippen MR) is 101 cm³/mol. The molecule has 25 heavy (non-hydrogen) atoms. The second kappa shape index (κ2) is 6.84. The van der Waals surface area contributed by atoms with Crippen molar-refractivity contribution < 1.29 is 9.84 Å². The molecule has 4 rings (SSSR count). The lowest BCUT2D eigenvalue weighted by molar-refractivity contribution is 0.373. The van der Waals surface area contributed by atoms with Gasteiger partial charge in [-0.1, -0.05) is 11.8 Å². The van der Waals surface area contributed by atoms with Crippen molar-refractivity contribution >= 4 is 24.3 Å². The molecule has 0 spiro atoms. The number of fused-ring (bicyclic) bond motifs is 2. The van der Waals surface area contributed by atoms with Crippen LogP contribution in [0.25, 0.3) is 0 Å². The highest BCUT2D eigenvalue weighted by Gasteiger charge is 2.35. The quantitative estimate of drug-likeness (QED) is 0.571. The topological polar surface area (TPSA) is 78.2 Å². The van der Waals surface area contributed by atoms with Gasteiger partial charge in [0.05, 0.1) is 19.7 Å². The van der Waals surface area contributed by atoms with Crippen LogP contribution in [0.3, 0.4) is 0 Å². The molecule has 7 heteroatoms. The highest BCUT2D eigenvalue weighted by atomic mass is 32.2. The normalized spacial score (nSPS) is 22.0.